The van der Waals surface area contributed by atoms with E-state index in [1.807, 2.05) is 7.11 Å². The summed E-state index contributed by atoms with van der Waals surface area (Å²) >= 11 is 0. The van der Waals surface area contributed by atoms with Crippen molar-refractivity contribution in [1.29, 1.82) is 0 Å². The normalized spacial score (nSPS) is 20.6. The predicted octanol–water partition coefficient (Wildman–Crippen LogP) is 3.43. The largest absolute Gasteiger partial charge is 0.382 e. The second kappa shape index (κ2) is 8.47. The van der Waals surface area contributed by atoms with Gasteiger partial charge in [0, 0.05) is 19.6 Å². The quantitative estimate of drug-likeness (QED) is 0.518. The first-order valence-corrected chi connectivity index (χ1v) is 8.36. The van der Waals surface area contributed by atoms with E-state index in [2.05, 4.69) is 27.7 Å². The Morgan fingerprint density at radius 2 is 1.62 bits per heavy atom. The molecular weight excluding hydrogens is 268 g/mol. The molecule has 0 aromatic rings. The van der Waals surface area contributed by atoms with Crippen LogP contribution in [0.3, 0.4) is 0 Å². The lowest BCUT2D eigenvalue weighted by atomic mass is 9.62. The fourth-order valence-corrected chi connectivity index (χ4v) is 4.00. The van der Waals surface area contributed by atoms with Gasteiger partial charge in [-0.05, 0) is 25.7 Å². The van der Waals surface area contributed by atoms with Gasteiger partial charge in [-0.15, -0.1) is 0 Å². The van der Waals surface area contributed by atoms with Crippen molar-refractivity contribution in [3.05, 3.63) is 0 Å². The molecule has 0 spiro atoms. The minimum absolute atomic E-state index is 0.0292. The standard InChI is InChI=1S/C17H34O4/c1-7-16(8-2,17(9-3,10-4)19-6)15(13-18-5)21-12-14-11-20-14/h14-15H,7-13H2,1-6H3. The summed E-state index contributed by atoms with van der Waals surface area (Å²) in [5.74, 6) is 0. The highest BCUT2D eigenvalue weighted by Gasteiger charge is 2.53. The van der Waals surface area contributed by atoms with Crippen LogP contribution in [-0.2, 0) is 18.9 Å². The summed E-state index contributed by atoms with van der Waals surface area (Å²) in [6.45, 7) is 11.0. The molecule has 1 heterocycles. The number of methoxy groups -OCH3 is 2. The second-order valence-corrected chi connectivity index (χ2v) is 6.00. The molecule has 0 aromatic carbocycles. The van der Waals surface area contributed by atoms with E-state index >= 15 is 0 Å². The Bertz CT molecular complexity index is 272. The van der Waals surface area contributed by atoms with E-state index < -0.39 is 0 Å². The van der Waals surface area contributed by atoms with Gasteiger partial charge in [0.05, 0.1) is 31.5 Å². The number of epoxide rings is 1. The molecule has 4 heteroatoms. The van der Waals surface area contributed by atoms with Gasteiger partial charge in [-0.2, -0.15) is 0 Å². The van der Waals surface area contributed by atoms with E-state index in [1.165, 1.54) is 0 Å². The summed E-state index contributed by atoms with van der Waals surface area (Å²) in [6, 6.07) is 0. The summed E-state index contributed by atoms with van der Waals surface area (Å²) in [5, 5.41) is 0. The maximum atomic E-state index is 6.24. The third kappa shape index (κ3) is 3.79. The first-order chi connectivity index (χ1) is 10.1. The molecule has 0 bridgehead atoms. The van der Waals surface area contributed by atoms with Gasteiger partial charge in [-0.3, -0.25) is 0 Å². The van der Waals surface area contributed by atoms with Crippen LogP contribution in [0.4, 0.5) is 0 Å². The molecule has 2 atom stereocenters. The zero-order valence-corrected chi connectivity index (χ0v) is 14.7. The Hall–Kier alpha value is -0.160. The van der Waals surface area contributed by atoms with Crippen molar-refractivity contribution in [1.82, 2.24) is 0 Å². The summed E-state index contributed by atoms with van der Waals surface area (Å²) in [5.41, 5.74) is -0.222. The lowest BCUT2D eigenvalue weighted by Crippen LogP contribution is -2.57. The summed E-state index contributed by atoms with van der Waals surface area (Å²) in [7, 11) is 3.58. The van der Waals surface area contributed by atoms with Crippen LogP contribution in [-0.4, -0.2) is 51.8 Å². The number of hydrogen-bond donors (Lipinski definition) is 0. The molecule has 0 amide bonds. The number of hydrogen-bond acceptors (Lipinski definition) is 4. The van der Waals surface area contributed by atoms with E-state index in [9.17, 15) is 0 Å². The maximum Gasteiger partial charge on any atom is 0.104 e. The third-order valence-corrected chi connectivity index (χ3v) is 5.52. The van der Waals surface area contributed by atoms with Gasteiger partial charge in [0.15, 0.2) is 0 Å². The Kier molecular flexibility index (Phi) is 7.62. The molecule has 21 heavy (non-hydrogen) atoms. The lowest BCUT2D eigenvalue weighted by Gasteiger charge is -2.52. The molecule has 0 aromatic heterocycles. The minimum Gasteiger partial charge on any atom is -0.382 e. The summed E-state index contributed by atoms with van der Waals surface area (Å²) < 4.78 is 23.1. The predicted molar refractivity (Wildman–Crippen MR) is 84.7 cm³/mol. The highest BCUT2D eigenvalue weighted by Crippen LogP contribution is 2.49. The lowest BCUT2D eigenvalue weighted by molar-refractivity contribution is -0.198. The van der Waals surface area contributed by atoms with Gasteiger partial charge in [-0.25, -0.2) is 0 Å². The highest BCUT2D eigenvalue weighted by molar-refractivity contribution is 5.02. The average Bonchev–Trinajstić information content (AvgIpc) is 3.34. The van der Waals surface area contributed by atoms with Crippen LogP contribution < -0.4 is 0 Å². The van der Waals surface area contributed by atoms with Gasteiger partial charge in [0.1, 0.15) is 6.10 Å². The fourth-order valence-electron chi connectivity index (χ4n) is 4.00. The van der Waals surface area contributed by atoms with E-state index in [-0.39, 0.29) is 23.2 Å². The Morgan fingerprint density at radius 3 is 1.95 bits per heavy atom. The van der Waals surface area contributed by atoms with Crippen LogP contribution in [0.5, 0.6) is 0 Å². The van der Waals surface area contributed by atoms with Gasteiger partial charge >= 0.3 is 0 Å². The molecule has 1 saturated heterocycles. The molecular formula is C17H34O4. The Morgan fingerprint density at radius 1 is 1.05 bits per heavy atom. The number of ether oxygens (including phenoxy) is 4. The van der Waals surface area contributed by atoms with Crippen LogP contribution in [0.1, 0.15) is 53.4 Å². The Balaban J connectivity index is 3.04. The monoisotopic (exact) mass is 302 g/mol. The van der Waals surface area contributed by atoms with E-state index in [0.29, 0.717) is 13.2 Å². The molecule has 1 aliphatic heterocycles. The van der Waals surface area contributed by atoms with Crippen LogP contribution in [0, 0.1) is 5.41 Å². The van der Waals surface area contributed by atoms with Crippen LogP contribution >= 0.6 is 0 Å². The molecule has 1 fully saturated rings. The molecule has 0 aliphatic carbocycles. The van der Waals surface area contributed by atoms with Crippen molar-refractivity contribution in [2.45, 2.75) is 71.2 Å². The molecule has 126 valence electrons. The van der Waals surface area contributed by atoms with Crippen molar-refractivity contribution in [3.8, 4) is 0 Å². The van der Waals surface area contributed by atoms with Gasteiger partial charge in [-0.1, -0.05) is 27.7 Å². The van der Waals surface area contributed by atoms with Crippen molar-refractivity contribution in [2.24, 2.45) is 5.41 Å². The van der Waals surface area contributed by atoms with Crippen LogP contribution in [0.15, 0.2) is 0 Å². The Labute approximate surface area is 130 Å². The first kappa shape index (κ1) is 18.9. The van der Waals surface area contributed by atoms with Gasteiger partial charge in [0.25, 0.3) is 0 Å². The smallest absolute Gasteiger partial charge is 0.104 e. The van der Waals surface area contributed by atoms with Gasteiger partial charge < -0.3 is 18.9 Å². The topological polar surface area (TPSA) is 40.2 Å². The molecule has 4 nitrogen and oxygen atoms in total. The van der Waals surface area contributed by atoms with Crippen molar-refractivity contribution >= 4 is 0 Å². The molecule has 1 rings (SSSR count). The average molecular weight is 302 g/mol. The van der Waals surface area contributed by atoms with Gasteiger partial charge in [0.2, 0.25) is 0 Å². The summed E-state index contributed by atoms with van der Waals surface area (Å²) in [4.78, 5) is 0. The van der Waals surface area contributed by atoms with E-state index in [0.717, 1.165) is 32.3 Å². The molecule has 1 aliphatic rings. The SMILES string of the molecule is CCC(CC)(OC)C(CC)(CC)C(COC)OCC1CO1. The molecule has 2 unspecified atom stereocenters. The van der Waals surface area contributed by atoms with E-state index in [4.69, 9.17) is 18.9 Å². The van der Waals surface area contributed by atoms with E-state index in [1.54, 1.807) is 7.11 Å². The van der Waals surface area contributed by atoms with Crippen molar-refractivity contribution in [2.75, 3.05) is 34.0 Å². The molecule has 0 N–H and O–H groups in total. The minimum atomic E-state index is -0.176. The highest BCUT2D eigenvalue weighted by atomic mass is 16.6. The van der Waals surface area contributed by atoms with Crippen LogP contribution in [0.2, 0.25) is 0 Å². The first-order valence-electron chi connectivity index (χ1n) is 8.36. The zero-order chi connectivity index (χ0) is 15.9. The third-order valence-electron chi connectivity index (χ3n) is 5.52. The van der Waals surface area contributed by atoms with Crippen molar-refractivity contribution in [3.63, 3.8) is 0 Å². The molecule has 0 radical (unpaired) electrons. The molecule has 0 saturated carbocycles. The van der Waals surface area contributed by atoms with Crippen molar-refractivity contribution < 1.29 is 18.9 Å². The zero-order valence-electron chi connectivity index (χ0n) is 14.7. The fraction of sp³-hybridized carbons (Fsp3) is 1.00. The number of rotatable bonds is 12. The summed E-state index contributed by atoms with van der Waals surface area (Å²) in [6.07, 6.45) is 4.28. The van der Waals surface area contributed by atoms with Crippen LogP contribution in [0.25, 0.3) is 0 Å². The second-order valence-electron chi connectivity index (χ2n) is 6.00. The maximum absolute atomic E-state index is 6.24.